The quantitative estimate of drug-likeness (QED) is 0.694. The maximum Gasteiger partial charge on any atom is 0.416 e. The molecule has 0 aliphatic rings. The summed E-state index contributed by atoms with van der Waals surface area (Å²) in [6, 6.07) is 7.04. The predicted molar refractivity (Wildman–Crippen MR) is 88.8 cm³/mol. The van der Waals surface area contributed by atoms with E-state index in [2.05, 4.69) is 10.1 Å². The smallest absolute Gasteiger partial charge is 0.365 e. The summed E-state index contributed by atoms with van der Waals surface area (Å²) in [5.41, 5.74) is 4.71. The van der Waals surface area contributed by atoms with Gasteiger partial charge in [0.15, 0.2) is 5.69 Å². The van der Waals surface area contributed by atoms with Gasteiger partial charge in [0.2, 0.25) is 0 Å². The van der Waals surface area contributed by atoms with Crippen LogP contribution in [-0.4, -0.2) is 20.7 Å². The normalized spacial score (nSPS) is 11.2. The molecule has 1 aromatic carbocycles. The van der Waals surface area contributed by atoms with Crippen LogP contribution in [-0.2, 0) is 12.6 Å². The molecule has 0 aliphatic heterocycles. The molecule has 0 bridgehead atoms. The number of benzene rings is 1. The van der Waals surface area contributed by atoms with Crippen LogP contribution in [0, 0.1) is 17.1 Å². The molecule has 2 heterocycles. The molecule has 0 spiro atoms. The first-order valence-corrected chi connectivity index (χ1v) is 7.79. The summed E-state index contributed by atoms with van der Waals surface area (Å²) in [4.78, 5) is 15.4. The molecule has 0 unspecified atom stereocenters. The lowest BCUT2D eigenvalue weighted by Crippen LogP contribution is -2.11. The largest absolute Gasteiger partial charge is 0.416 e. The summed E-state index contributed by atoms with van der Waals surface area (Å²) in [6.45, 7) is 0. The average Bonchev–Trinajstić information content (AvgIpc) is 3.05. The van der Waals surface area contributed by atoms with Crippen molar-refractivity contribution in [1.82, 2.24) is 14.8 Å². The van der Waals surface area contributed by atoms with Crippen molar-refractivity contribution in [3.63, 3.8) is 0 Å². The fourth-order valence-corrected chi connectivity index (χ4v) is 2.60. The zero-order valence-electron chi connectivity index (χ0n) is 14.0. The van der Waals surface area contributed by atoms with Crippen LogP contribution < -0.4 is 5.73 Å². The number of pyridine rings is 1. The molecule has 3 rings (SSSR count). The summed E-state index contributed by atoms with van der Waals surface area (Å²) in [7, 11) is 0. The SMILES string of the molecule is N#Cc1nn(-c2ccnc(Cc3cc(F)cc(C(F)(F)F)c3)c2)cc1C(N)=O. The molecular formula is C18H11F4N5O. The van der Waals surface area contributed by atoms with Gasteiger partial charge in [-0.1, -0.05) is 0 Å². The van der Waals surface area contributed by atoms with Crippen LogP contribution in [0.4, 0.5) is 17.6 Å². The molecule has 3 aromatic rings. The third-order valence-electron chi connectivity index (χ3n) is 3.82. The topological polar surface area (TPSA) is 97.6 Å². The number of nitriles is 1. The van der Waals surface area contributed by atoms with E-state index in [-0.39, 0.29) is 23.2 Å². The second kappa shape index (κ2) is 7.11. The van der Waals surface area contributed by atoms with Crippen LogP contribution in [0.15, 0.2) is 42.7 Å². The zero-order chi connectivity index (χ0) is 20.5. The number of carbonyl (C=O) groups is 1. The minimum atomic E-state index is -4.67. The highest BCUT2D eigenvalue weighted by Crippen LogP contribution is 2.31. The number of amides is 1. The van der Waals surface area contributed by atoms with Crippen molar-refractivity contribution >= 4 is 5.91 Å². The van der Waals surface area contributed by atoms with Gasteiger partial charge in [-0.3, -0.25) is 9.78 Å². The van der Waals surface area contributed by atoms with Gasteiger partial charge >= 0.3 is 6.18 Å². The van der Waals surface area contributed by atoms with Gasteiger partial charge in [-0.15, -0.1) is 0 Å². The number of nitrogens with zero attached hydrogens (tertiary/aromatic N) is 4. The van der Waals surface area contributed by atoms with Crippen LogP contribution in [0.2, 0.25) is 0 Å². The van der Waals surface area contributed by atoms with Gasteiger partial charge in [0, 0.05) is 24.5 Å². The Balaban J connectivity index is 1.94. The third kappa shape index (κ3) is 3.98. The molecule has 6 nitrogen and oxygen atoms in total. The van der Waals surface area contributed by atoms with Crippen LogP contribution in [0.25, 0.3) is 5.69 Å². The van der Waals surface area contributed by atoms with Crippen molar-refractivity contribution in [2.75, 3.05) is 0 Å². The Morgan fingerprint density at radius 2 is 2.00 bits per heavy atom. The predicted octanol–water partition coefficient (Wildman–Crippen LogP) is 2.99. The van der Waals surface area contributed by atoms with E-state index >= 15 is 0 Å². The van der Waals surface area contributed by atoms with Crippen molar-refractivity contribution in [1.29, 1.82) is 5.26 Å². The number of primary amides is 1. The van der Waals surface area contributed by atoms with E-state index in [1.165, 1.54) is 29.2 Å². The van der Waals surface area contributed by atoms with E-state index in [0.717, 1.165) is 12.1 Å². The van der Waals surface area contributed by atoms with Gasteiger partial charge in [0.25, 0.3) is 5.91 Å². The molecule has 1 amide bonds. The second-order valence-corrected chi connectivity index (χ2v) is 5.84. The highest BCUT2D eigenvalue weighted by Gasteiger charge is 2.31. The maximum atomic E-state index is 13.6. The minimum absolute atomic E-state index is 0.0657. The lowest BCUT2D eigenvalue weighted by atomic mass is 10.0. The van der Waals surface area contributed by atoms with Crippen LogP contribution in [0.1, 0.15) is 32.9 Å². The van der Waals surface area contributed by atoms with Crippen molar-refractivity contribution < 1.29 is 22.4 Å². The highest BCUT2D eigenvalue weighted by molar-refractivity contribution is 5.94. The Morgan fingerprint density at radius 1 is 1.25 bits per heavy atom. The number of nitrogens with two attached hydrogens (primary N) is 1. The molecule has 0 aliphatic carbocycles. The Morgan fingerprint density at radius 3 is 2.61 bits per heavy atom. The number of alkyl halides is 3. The summed E-state index contributed by atoms with van der Waals surface area (Å²) in [6.07, 6.45) is -2.08. The number of rotatable bonds is 4. The lowest BCUT2D eigenvalue weighted by Gasteiger charge is -2.10. The summed E-state index contributed by atoms with van der Waals surface area (Å²) < 4.78 is 53.3. The highest BCUT2D eigenvalue weighted by atomic mass is 19.4. The standard InChI is InChI=1S/C18H11F4N5O/c19-12-4-10(3-11(6-12)18(20,21)22)5-13-7-14(1-2-25-13)27-9-15(17(24)28)16(8-23)26-27/h1-4,6-7,9H,5H2,(H2,24,28). The fraction of sp³-hybridized carbons (Fsp3) is 0.111. The molecule has 0 atom stereocenters. The number of hydrogen-bond acceptors (Lipinski definition) is 4. The van der Waals surface area contributed by atoms with Crippen molar-refractivity contribution in [2.45, 2.75) is 12.6 Å². The van der Waals surface area contributed by atoms with Gasteiger partial charge in [-0.05, 0) is 35.9 Å². The Hall–Kier alpha value is -3.74. The molecule has 142 valence electrons. The van der Waals surface area contributed by atoms with Gasteiger partial charge in [0.05, 0.1) is 16.8 Å². The molecule has 10 heteroatoms. The maximum absolute atomic E-state index is 13.6. The molecule has 28 heavy (non-hydrogen) atoms. The molecule has 0 saturated heterocycles. The van der Waals surface area contributed by atoms with Gasteiger partial charge in [-0.25, -0.2) is 9.07 Å². The summed E-state index contributed by atoms with van der Waals surface area (Å²) in [5.74, 6) is -1.82. The molecule has 0 saturated carbocycles. The van der Waals surface area contributed by atoms with Crippen LogP contribution >= 0.6 is 0 Å². The first kappa shape index (κ1) is 19.0. The Kier molecular flexibility index (Phi) is 4.83. The van der Waals surface area contributed by atoms with Gasteiger partial charge < -0.3 is 5.73 Å². The molecule has 0 fully saturated rings. The molecular weight excluding hydrogens is 378 g/mol. The summed E-state index contributed by atoms with van der Waals surface area (Å²) in [5, 5.41) is 13.0. The minimum Gasteiger partial charge on any atom is -0.365 e. The number of carbonyl (C=O) groups excluding carboxylic acids is 1. The molecule has 2 aromatic heterocycles. The second-order valence-electron chi connectivity index (χ2n) is 5.84. The van der Waals surface area contributed by atoms with Crippen molar-refractivity contribution in [2.24, 2.45) is 5.73 Å². The number of halogens is 4. The fourth-order valence-electron chi connectivity index (χ4n) is 2.60. The van der Waals surface area contributed by atoms with Crippen molar-refractivity contribution in [3.8, 4) is 11.8 Å². The first-order valence-electron chi connectivity index (χ1n) is 7.79. The van der Waals surface area contributed by atoms with Crippen LogP contribution in [0.5, 0.6) is 0 Å². The third-order valence-corrected chi connectivity index (χ3v) is 3.82. The number of aromatic nitrogens is 3. The first-order chi connectivity index (χ1) is 13.2. The Bertz CT molecular complexity index is 1100. The Labute approximate surface area is 155 Å². The van der Waals surface area contributed by atoms with E-state index in [4.69, 9.17) is 11.0 Å². The average molecular weight is 389 g/mol. The van der Waals surface area contributed by atoms with Gasteiger partial charge in [-0.2, -0.15) is 23.5 Å². The zero-order valence-corrected chi connectivity index (χ0v) is 14.0. The molecule has 0 radical (unpaired) electrons. The lowest BCUT2D eigenvalue weighted by molar-refractivity contribution is -0.137. The van der Waals surface area contributed by atoms with Crippen LogP contribution in [0.3, 0.4) is 0 Å². The van der Waals surface area contributed by atoms with Gasteiger partial charge in [0.1, 0.15) is 11.9 Å². The van der Waals surface area contributed by atoms with E-state index in [1.807, 2.05) is 0 Å². The summed E-state index contributed by atoms with van der Waals surface area (Å²) >= 11 is 0. The van der Waals surface area contributed by atoms with Crippen molar-refractivity contribution in [3.05, 3.63) is 76.6 Å². The van der Waals surface area contributed by atoms with E-state index in [9.17, 15) is 22.4 Å². The monoisotopic (exact) mass is 389 g/mol. The van der Waals surface area contributed by atoms with E-state index in [1.54, 1.807) is 6.07 Å². The van der Waals surface area contributed by atoms with E-state index < -0.39 is 23.5 Å². The number of hydrogen-bond donors (Lipinski definition) is 1. The molecule has 2 N–H and O–H groups in total. The van der Waals surface area contributed by atoms with E-state index in [0.29, 0.717) is 17.4 Å².